The molecule has 0 saturated carbocycles. The third kappa shape index (κ3) is 6.46. The first-order valence-corrected chi connectivity index (χ1v) is 11.5. The van der Waals surface area contributed by atoms with E-state index in [4.69, 9.17) is 9.47 Å². The van der Waals surface area contributed by atoms with Gasteiger partial charge in [-0.1, -0.05) is 17.0 Å². The number of thioether (sulfide) groups is 1. The van der Waals surface area contributed by atoms with Crippen LogP contribution in [-0.4, -0.2) is 51.5 Å². The van der Waals surface area contributed by atoms with Crippen LogP contribution in [0.3, 0.4) is 0 Å². The molecule has 0 saturated heterocycles. The second kappa shape index (κ2) is 11.2. The van der Waals surface area contributed by atoms with Crippen molar-refractivity contribution in [3.63, 3.8) is 0 Å². The van der Waals surface area contributed by atoms with Crippen molar-refractivity contribution in [1.82, 2.24) is 25.0 Å². The van der Waals surface area contributed by atoms with Gasteiger partial charge in [-0.05, 0) is 42.5 Å². The fraction of sp³-hybridized carbons (Fsp3) is 0.174. The SMILES string of the molecule is COc1ccc(OC)c(NC(=O)c2nnn(-c3ccc(OC(F)(F)F)cc3)c2CSc2ncccn2)c1. The second-order valence-corrected chi connectivity index (χ2v) is 8.12. The van der Waals surface area contributed by atoms with Crippen molar-refractivity contribution in [1.29, 1.82) is 0 Å². The van der Waals surface area contributed by atoms with Crippen LogP contribution in [0.15, 0.2) is 66.1 Å². The Hall–Kier alpha value is -4.33. The highest BCUT2D eigenvalue weighted by molar-refractivity contribution is 7.98. The summed E-state index contributed by atoms with van der Waals surface area (Å²) in [4.78, 5) is 21.6. The highest BCUT2D eigenvalue weighted by Gasteiger charge is 2.31. The number of nitrogens with one attached hydrogen (secondary N) is 1. The molecule has 1 N–H and O–H groups in total. The van der Waals surface area contributed by atoms with Gasteiger partial charge in [0.15, 0.2) is 10.9 Å². The molecule has 0 aliphatic rings. The maximum atomic E-state index is 13.3. The Labute approximate surface area is 212 Å². The van der Waals surface area contributed by atoms with Gasteiger partial charge in [-0.15, -0.1) is 18.3 Å². The number of hydrogen-bond acceptors (Lipinski definition) is 9. The van der Waals surface area contributed by atoms with E-state index in [1.54, 1.807) is 36.7 Å². The maximum absolute atomic E-state index is 13.3. The van der Waals surface area contributed by atoms with Gasteiger partial charge in [0.25, 0.3) is 5.91 Å². The van der Waals surface area contributed by atoms with E-state index in [0.717, 1.165) is 12.1 Å². The zero-order valence-electron chi connectivity index (χ0n) is 19.4. The van der Waals surface area contributed by atoms with Crippen molar-refractivity contribution >= 4 is 23.4 Å². The number of halogens is 3. The predicted octanol–water partition coefficient (Wildman–Crippen LogP) is 4.52. The summed E-state index contributed by atoms with van der Waals surface area (Å²) in [6.07, 6.45) is -1.67. The monoisotopic (exact) mass is 532 g/mol. The first kappa shape index (κ1) is 25.8. The minimum Gasteiger partial charge on any atom is -0.497 e. The molecule has 0 radical (unpaired) electrons. The highest BCUT2D eigenvalue weighted by atomic mass is 32.2. The first-order chi connectivity index (χ1) is 17.8. The summed E-state index contributed by atoms with van der Waals surface area (Å²) in [5, 5.41) is 11.3. The number of alkyl halides is 3. The van der Waals surface area contributed by atoms with Gasteiger partial charge in [-0.3, -0.25) is 4.79 Å². The maximum Gasteiger partial charge on any atom is 0.573 e. The molecule has 0 spiro atoms. The number of aromatic nitrogens is 5. The molecule has 37 heavy (non-hydrogen) atoms. The lowest BCUT2D eigenvalue weighted by Crippen LogP contribution is -2.17. The van der Waals surface area contributed by atoms with Crippen LogP contribution in [0.4, 0.5) is 18.9 Å². The molecule has 0 aliphatic carbocycles. The van der Waals surface area contributed by atoms with Crippen molar-refractivity contribution < 1.29 is 32.2 Å². The van der Waals surface area contributed by atoms with E-state index >= 15 is 0 Å². The molecule has 2 heterocycles. The number of methoxy groups -OCH3 is 2. The van der Waals surface area contributed by atoms with Crippen molar-refractivity contribution in [2.75, 3.05) is 19.5 Å². The molecule has 2 aromatic carbocycles. The van der Waals surface area contributed by atoms with Gasteiger partial charge in [0.1, 0.15) is 17.2 Å². The smallest absolute Gasteiger partial charge is 0.497 e. The average molecular weight is 533 g/mol. The molecular weight excluding hydrogens is 513 g/mol. The highest BCUT2D eigenvalue weighted by Crippen LogP contribution is 2.30. The number of anilines is 1. The van der Waals surface area contributed by atoms with Crippen LogP contribution in [0, 0.1) is 0 Å². The second-order valence-electron chi connectivity index (χ2n) is 7.18. The number of carbonyl (C=O) groups is 1. The van der Waals surface area contributed by atoms with Crippen LogP contribution in [0.2, 0.25) is 0 Å². The summed E-state index contributed by atoms with van der Waals surface area (Å²) < 4.78 is 53.4. The van der Waals surface area contributed by atoms with Gasteiger partial charge in [0.05, 0.1) is 31.3 Å². The number of carbonyl (C=O) groups excluding carboxylic acids is 1. The van der Waals surface area contributed by atoms with Gasteiger partial charge >= 0.3 is 6.36 Å². The van der Waals surface area contributed by atoms with Crippen LogP contribution in [0.25, 0.3) is 5.69 Å². The van der Waals surface area contributed by atoms with Gasteiger partial charge < -0.3 is 19.5 Å². The molecule has 4 aromatic rings. The average Bonchev–Trinajstić information content (AvgIpc) is 3.31. The normalized spacial score (nSPS) is 11.2. The Morgan fingerprint density at radius 3 is 2.38 bits per heavy atom. The Kier molecular flexibility index (Phi) is 7.77. The minimum atomic E-state index is -4.82. The van der Waals surface area contributed by atoms with Gasteiger partial charge in [0.2, 0.25) is 0 Å². The molecule has 10 nitrogen and oxygen atoms in total. The van der Waals surface area contributed by atoms with Crippen molar-refractivity contribution in [3.8, 4) is 22.9 Å². The van der Waals surface area contributed by atoms with Crippen LogP contribution in [0.1, 0.15) is 16.2 Å². The number of benzene rings is 2. The molecule has 0 bridgehead atoms. The largest absolute Gasteiger partial charge is 0.573 e. The summed E-state index contributed by atoms with van der Waals surface area (Å²) in [7, 11) is 2.95. The van der Waals surface area contributed by atoms with Crippen LogP contribution in [-0.2, 0) is 5.75 Å². The summed E-state index contributed by atoms with van der Waals surface area (Å²) >= 11 is 1.23. The topological polar surface area (TPSA) is 113 Å². The molecule has 2 aromatic heterocycles. The molecule has 4 rings (SSSR count). The number of rotatable bonds is 9. The Bertz CT molecular complexity index is 1370. The molecule has 1 amide bonds. The van der Waals surface area contributed by atoms with E-state index in [2.05, 4.69) is 30.3 Å². The molecular formula is C23H19F3N6O4S. The number of ether oxygens (including phenoxy) is 3. The van der Waals surface area contributed by atoms with Crippen LogP contribution in [0.5, 0.6) is 17.2 Å². The lowest BCUT2D eigenvalue weighted by atomic mass is 10.2. The third-order valence-electron chi connectivity index (χ3n) is 4.83. The quantitative estimate of drug-likeness (QED) is 0.246. The van der Waals surface area contributed by atoms with E-state index in [0.29, 0.717) is 33.7 Å². The van der Waals surface area contributed by atoms with E-state index in [-0.39, 0.29) is 11.4 Å². The molecule has 192 valence electrons. The molecule has 0 atom stereocenters. The Balaban J connectivity index is 1.67. The van der Waals surface area contributed by atoms with Gasteiger partial charge in [-0.2, -0.15) is 0 Å². The Morgan fingerprint density at radius 2 is 1.73 bits per heavy atom. The van der Waals surface area contributed by atoms with Crippen molar-refractivity contribution in [3.05, 3.63) is 72.3 Å². The zero-order valence-corrected chi connectivity index (χ0v) is 20.2. The lowest BCUT2D eigenvalue weighted by molar-refractivity contribution is -0.274. The molecule has 0 unspecified atom stereocenters. The standard InChI is InChI=1S/C23H19F3N6O4S/c1-34-16-8-9-19(35-2)17(12-16)29-21(33)20-18(13-37-22-27-10-3-11-28-22)32(31-30-20)14-4-6-15(7-5-14)36-23(24,25)26/h3-12H,13H2,1-2H3,(H,29,33). The summed E-state index contributed by atoms with van der Waals surface area (Å²) in [6.45, 7) is 0. The van der Waals surface area contributed by atoms with Gasteiger partial charge in [0, 0.05) is 24.2 Å². The molecule has 0 aliphatic heterocycles. The van der Waals surface area contributed by atoms with Crippen molar-refractivity contribution in [2.24, 2.45) is 0 Å². The van der Waals surface area contributed by atoms with Crippen molar-refractivity contribution in [2.45, 2.75) is 17.3 Å². The molecule has 14 heteroatoms. The summed E-state index contributed by atoms with van der Waals surface area (Å²) in [5.41, 5.74) is 1.06. The summed E-state index contributed by atoms with van der Waals surface area (Å²) in [6, 6.07) is 11.6. The van der Waals surface area contributed by atoms with E-state index in [9.17, 15) is 18.0 Å². The van der Waals surface area contributed by atoms with Crippen LogP contribution < -0.4 is 19.5 Å². The predicted molar refractivity (Wildman–Crippen MR) is 127 cm³/mol. The van der Waals surface area contributed by atoms with E-state index in [1.807, 2.05) is 0 Å². The van der Waals surface area contributed by atoms with Gasteiger partial charge in [-0.25, -0.2) is 14.6 Å². The zero-order chi connectivity index (χ0) is 26.4. The Morgan fingerprint density at radius 1 is 1.03 bits per heavy atom. The number of amides is 1. The van der Waals surface area contributed by atoms with E-state index in [1.165, 1.54) is 42.8 Å². The third-order valence-corrected chi connectivity index (χ3v) is 5.71. The summed E-state index contributed by atoms with van der Waals surface area (Å²) in [5.74, 6) is 0.0938. The minimum absolute atomic E-state index is 0.0103. The fourth-order valence-corrected chi connectivity index (χ4v) is 3.99. The number of nitrogens with zero attached hydrogens (tertiary/aromatic N) is 5. The number of hydrogen-bond donors (Lipinski definition) is 1. The van der Waals surface area contributed by atoms with E-state index < -0.39 is 18.0 Å². The first-order valence-electron chi connectivity index (χ1n) is 10.5. The molecule has 0 fully saturated rings. The fourth-order valence-electron chi connectivity index (χ4n) is 3.19. The van der Waals surface area contributed by atoms with Crippen LogP contribution >= 0.6 is 11.8 Å². The lowest BCUT2D eigenvalue weighted by Gasteiger charge is -2.12.